The van der Waals surface area contributed by atoms with Crippen molar-refractivity contribution in [3.8, 4) is 11.8 Å². The maximum atomic E-state index is 12.2. The summed E-state index contributed by atoms with van der Waals surface area (Å²) in [5.74, 6) is 0.139. The molecule has 0 spiro atoms. The summed E-state index contributed by atoms with van der Waals surface area (Å²) in [7, 11) is 0. The van der Waals surface area contributed by atoms with Gasteiger partial charge in [0.1, 0.15) is 16.4 Å². The van der Waals surface area contributed by atoms with Gasteiger partial charge < -0.3 is 10.1 Å². The van der Waals surface area contributed by atoms with Crippen LogP contribution in [0.1, 0.15) is 10.4 Å². The summed E-state index contributed by atoms with van der Waals surface area (Å²) in [6.07, 6.45) is 1.59. The molecule has 0 aliphatic heterocycles. The van der Waals surface area contributed by atoms with Gasteiger partial charge in [-0.25, -0.2) is 4.98 Å². The van der Waals surface area contributed by atoms with Crippen LogP contribution in [0.3, 0.4) is 0 Å². The molecule has 5 nitrogen and oxygen atoms in total. The molecule has 0 unspecified atom stereocenters. The number of hydrogen-bond donors (Lipinski definition) is 1. The molecule has 6 heteroatoms. The number of hydrogen-bond acceptors (Lipinski definition) is 4. The molecule has 0 aliphatic carbocycles. The summed E-state index contributed by atoms with van der Waals surface area (Å²) >= 11 is 3.22. The maximum absolute atomic E-state index is 12.2. The largest absolute Gasteiger partial charge is 0.477 e. The van der Waals surface area contributed by atoms with Crippen LogP contribution in [0.2, 0.25) is 0 Å². The summed E-state index contributed by atoms with van der Waals surface area (Å²) in [5, 5.41) is 11.3. The highest BCUT2D eigenvalue weighted by Gasteiger charge is 2.12. The number of nitriles is 1. The predicted molar refractivity (Wildman–Crippen MR) is 77.4 cm³/mol. The lowest BCUT2D eigenvalue weighted by molar-refractivity contribution is 0.102. The number of nitrogens with one attached hydrogen (secondary N) is 1. The van der Waals surface area contributed by atoms with Crippen LogP contribution < -0.4 is 10.1 Å². The minimum Gasteiger partial charge on any atom is -0.477 e. The molecule has 0 aliphatic rings. The van der Waals surface area contributed by atoms with E-state index < -0.39 is 0 Å². The average molecular weight is 332 g/mol. The van der Waals surface area contributed by atoms with Gasteiger partial charge in [-0.1, -0.05) is 12.1 Å². The third-order valence-electron chi connectivity index (χ3n) is 2.43. The van der Waals surface area contributed by atoms with E-state index in [0.717, 1.165) is 0 Å². The molecule has 2 aromatic rings. The third kappa shape index (κ3) is 3.33. The molecule has 0 bridgehead atoms. The zero-order valence-electron chi connectivity index (χ0n) is 10.3. The van der Waals surface area contributed by atoms with Crippen LogP contribution in [-0.4, -0.2) is 17.5 Å². The Kier molecular flexibility index (Phi) is 4.69. The highest BCUT2D eigenvalue weighted by molar-refractivity contribution is 9.10. The van der Waals surface area contributed by atoms with Crippen molar-refractivity contribution in [2.75, 3.05) is 11.9 Å². The van der Waals surface area contributed by atoms with E-state index in [9.17, 15) is 4.79 Å². The summed E-state index contributed by atoms with van der Waals surface area (Å²) in [4.78, 5) is 16.2. The Morgan fingerprint density at radius 3 is 2.90 bits per heavy atom. The fourth-order valence-corrected chi connectivity index (χ4v) is 1.98. The van der Waals surface area contributed by atoms with E-state index in [-0.39, 0.29) is 12.5 Å². The number of ether oxygens (including phenoxy) is 1. The molecule has 1 amide bonds. The van der Waals surface area contributed by atoms with E-state index in [4.69, 9.17) is 10.00 Å². The average Bonchev–Trinajstić information content (AvgIpc) is 2.46. The van der Waals surface area contributed by atoms with Crippen molar-refractivity contribution in [3.63, 3.8) is 0 Å². The van der Waals surface area contributed by atoms with E-state index in [0.29, 0.717) is 21.6 Å². The zero-order chi connectivity index (χ0) is 14.4. The van der Waals surface area contributed by atoms with Gasteiger partial charge in [0.05, 0.1) is 11.3 Å². The first-order chi connectivity index (χ1) is 9.72. The summed E-state index contributed by atoms with van der Waals surface area (Å²) in [5.41, 5.74) is 0.922. The van der Waals surface area contributed by atoms with Gasteiger partial charge in [-0.3, -0.25) is 4.79 Å². The first-order valence-corrected chi connectivity index (χ1v) is 6.52. The molecule has 1 aromatic heterocycles. The number of para-hydroxylation sites is 2. The van der Waals surface area contributed by atoms with Crippen LogP contribution in [0.4, 0.5) is 5.69 Å². The first-order valence-electron chi connectivity index (χ1n) is 5.73. The maximum Gasteiger partial charge on any atom is 0.258 e. The molecular weight excluding hydrogens is 322 g/mol. The number of pyridine rings is 1. The second-order valence-electron chi connectivity index (χ2n) is 3.74. The van der Waals surface area contributed by atoms with Crippen molar-refractivity contribution in [2.24, 2.45) is 0 Å². The Morgan fingerprint density at radius 2 is 2.15 bits per heavy atom. The van der Waals surface area contributed by atoms with Crippen LogP contribution in [0, 0.1) is 11.3 Å². The molecule has 0 atom stereocenters. The molecule has 0 saturated heterocycles. The van der Waals surface area contributed by atoms with Gasteiger partial charge in [-0.15, -0.1) is 0 Å². The van der Waals surface area contributed by atoms with E-state index in [1.165, 1.54) is 0 Å². The lowest BCUT2D eigenvalue weighted by Gasteiger charge is -2.11. The minimum absolute atomic E-state index is 0.0799. The molecule has 20 heavy (non-hydrogen) atoms. The number of nitrogens with zero attached hydrogens (tertiary/aromatic N) is 2. The van der Waals surface area contributed by atoms with E-state index in [1.807, 2.05) is 6.07 Å². The van der Waals surface area contributed by atoms with Gasteiger partial charge in [0.25, 0.3) is 5.91 Å². The van der Waals surface area contributed by atoms with Gasteiger partial charge in [0.15, 0.2) is 6.61 Å². The fraction of sp³-hybridized carbons (Fsp3) is 0.0714. The number of halogens is 1. The lowest BCUT2D eigenvalue weighted by Crippen LogP contribution is -2.14. The van der Waals surface area contributed by atoms with Crippen molar-refractivity contribution in [2.45, 2.75) is 0 Å². The molecule has 0 fully saturated rings. The highest BCUT2D eigenvalue weighted by Crippen LogP contribution is 2.25. The summed E-state index contributed by atoms with van der Waals surface area (Å²) in [6.45, 7) is -0.0799. The Labute approximate surface area is 124 Å². The molecule has 0 saturated carbocycles. The molecular formula is C14H10BrN3O2. The van der Waals surface area contributed by atoms with E-state index in [1.54, 1.807) is 42.6 Å². The monoisotopic (exact) mass is 331 g/mol. The number of anilines is 1. The van der Waals surface area contributed by atoms with Crippen molar-refractivity contribution in [1.29, 1.82) is 5.26 Å². The van der Waals surface area contributed by atoms with Crippen molar-refractivity contribution >= 4 is 27.5 Å². The number of benzene rings is 1. The second kappa shape index (κ2) is 6.68. The van der Waals surface area contributed by atoms with E-state index in [2.05, 4.69) is 26.2 Å². The number of carbonyl (C=O) groups is 1. The SMILES string of the molecule is N#CCOc1ccccc1NC(=O)c1cccnc1Br. The number of aromatic nitrogens is 1. The van der Waals surface area contributed by atoms with Crippen LogP contribution in [-0.2, 0) is 0 Å². The molecule has 1 N–H and O–H groups in total. The standard InChI is InChI=1S/C14H10BrN3O2/c15-13-10(4-3-8-17-13)14(19)18-11-5-1-2-6-12(11)20-9-7-16/h1-6,8H,9H2,(H,18,19). The molecule has 1 aromatic carbocycles. The molecule has 0 radical (unpaired) electrons. The molecule has 1 heterocycles. The van der Waals surface area contributed by atoms with Gasteiger partial charge in [-0.2, -0.15) is 5.26 Å². The minimum atomic E-state index is -0.307. The smallest absolute Gasteiger partial charge is 0.258 e. The topological polar surface area (TPSA) is 75.0 Å². The normalized spacial score (nSPS) is 9.60. The van der Waals surface area contributed by atoms with Gasteiger partial charge >= 0.3 is 0 Å². The van der Waals surface area contributed by atoms with E-state index >= 15 is 0 Å². The lowest BCUT2D eigenvalue weighted by atomic mass is 10.2. The molecule has 100 valence electrons. The Morgan fingerprint density at radius 1 is 1.35 bits per heavy atom. The number of amides is 1. The Balaban J connectivity index is 2.20. The van der Waals surface area contributed by atoms with Crippen molar-refractivity contribution < 1.29 is 9.53 Å². The highest BCUT2D eigenvalue weighted by atomic mass is 79.9. The Bertz CT molecular complexity index is 667. The number of rotatable bonds is 4. The quantitative estimate of drug-likeness (QED) is 0.874. The summed E-state index contributed by atoms with van der Waals surface area (Å²) in [6, 6.07) is 12.1. The van der Waals surface area contributed by atoms with Crippen molar-refractivity contribution in [1.82, 2.24) is 4.98 Å². The van der Waals surface area contributed by atoms with Crippen LogP contribution in [0.25, 0.3) is 0 Å². The molecule has 2 rings (SSSR count). The van der Waals surface area contributed by atoms with Gasteiger partial charge in [0.2, 0.25) is 0 Å². The third-order valence-corrected chi connectivity index (χ3v) is 3.06. The predicted octanol–water partition coefficient (Wildman–Crippen LogP) is 3.00. The zero-order valence-corrected chi connectivity index (χ0v) is 11.9. The van der Waals surface area contributed by atoms with Crippen LogP contribution >= 0.6 is 15.9 Å². The van der Waals surface area contributed by atoms with Crippen LogP contribution in [0.15, 0.2) is 47.2 Å². The number of carbonyl (C=O) groups excluding carboxylic acids is 1. The Hall–Kier alpha value is -2.39. The fourth-order valence-electron chi connectivity index (χ4n) is 1.55. The van der Waals surface area contributed by atoms with Crippen LogP contribution in [0.5, 0.6) is 5.75 Å². The van der Waals surface area contributed by atoms with Gasteiger partial charge in [0, 0.05) is 6.20 Å². The van der Waals surface area contributed by atoms with Gasteiger partial charge in [-0.05, 0) is 40.2 Å². The second-order valence-corrected chi connectivity index (χ2v) is 4.49. The summed E-state index contributed by atoms with van der Waals surface area (Å²) < 4.78 is 5.72. The van der Waals surface area contributed by atoms with Crippen molar-refractivity contribution in [3.05, 3.63) is 52.8 Å². The first kappa shape index (κ1) is 14.0.